The molecule has 116 valence electrons. The molecular formula is C18H21ClN2O. The Morgan fingerprint density at radius 1 is 1.09 bits per heavy atom. The van der Waals surface area contributed by atoms with E-state index in [2.05, 4.69) is 29.7 Å². The number of nitrogens with one attached hydrogen (secondary N) is 2. The van der Waals surface area contributed by atoms with Gasteiger partial charge in [0, 0.05) is 30.2 Å². The quantitative estimate of drug-likeness (QED) is 0.815. The molecule has 0 aliphatic carbocycles. The summed E-state index contributed by atoms with van der Waals surface area (Å²) in [6.07, 6.45) is 1.28. The van der Waals surface area contributed by atoms with Crippen LogP contribution in [0, 0.1) is 6.92 Å². The highest BCUT2D eigenvalue weighted by molar-refractivity contribution is 6.30. The van der Waals surface area contributed by atoms with Gasteiger partial charge in [0.1, 0.15) is 0 Å². The van der Waals surface area contributed by atoms with Crippen molar-refractivity contribution < 1.29 is 4.79 Å². The second-order valence-corrected chi connectivity index (χ2v) is 5.71. The van der Waals surface area contributed by atoms with Gasteiger partial charge >= 0.3 is 0 Å². The summed E-state index contributed by atoms with van der Waals surface area (Å²) in [7, 11) is 0. The highest BCUT2D eigenvalue weighted by atomic mass is 35.5. The van der Waals surface area contributed by atoms with E-state index in [-0.39, 0.29) is 5.91 Å². The largest absolute Gasteiger partial charge is 0.385 e. The molecule has 0 aliphatic heterocycles. The second-order valence-electron chi connectivity index (χ2n) is 5.27. The Bertz CT molecular complexity index is 611. The summed E-state index contributed by atoms with van der Waals surface area (Å²) in [5.74, 6) is 0.0640. The van der Waals surface area contributed by atoms with Crippen molar-refractivity contribution in [2.75, 3.05) is 18.4 Å². The molecule has 0 heterocycles. The molecule has 0 bridgehead atoms. The number of aryl methyl sites for hydroxylation is 1. The van der Waals surface area contributed by atoms with Crippen LogP contribution >= 0.6 is 11.6 Å². The Kier molecular flexibility index (Phi) is 6.28. The van der Waals surface area contributed by atoms with E-state index < -0.39 is 0 Å². The highest BCUT2D eigenvalue weighted by Gasteiger charge is 2.01. The van der Waals surface area contributed by atoms with Gasteiger partial charge in [0.05, 0.1) is 0 Å². The van der Waals surface area contributed by atoms with Gasteiger partial charge < -0.3 is 10.6 Å². The van der Waals surface area contributed by atoms with E-state index in [1.807, 2.05) is 36.4 Å². The average Bonchev–Trinajstić information content (AvgIpc) is 2.49. The van der Waals surface area contributed by atoms with Gasteiger partial charge in [-0.1, -0.05) is 35.9 Å². The normalized spacial score (nSPS) is 10.3. The molecule has 0 radical (unpaired) electrons. The van der Waals surface area contributed by atoms with Gasteiger partial charge in [0.25, 0.3) is 0 Å². The lowest BCUT2D eigenvalue weighted by Crippen LogP contribution is -2.27. The third kappa shape index (κ3) is 5.78. The third-order valence-corrected chi connectivity index (χ3v) is 3.60. The number of anilines is 1. The molecule has 3 nitrogen and oxygen atoms in total. The van der Waals surface area contributed by atoms with Gasteiger partial charge in [0.15, 0.2) is 0 Å². The van der Waals surface area contributed by atoms with Gasteiger partial charge in [-0.05, 0) is 48.7 Å². The van der Waals surface area contributed by atoms with E-state index in [0.29, 0.717) is 19.5 Å². The van der Waals surface area contributed by atoms with Crippen molar-refractivity contribution in [3.8, 4) is 0 Å². The maximum absolute atomic E-state index is 11.8. The lowest BCUT2D eigenvalue weighted by atomic mass is 10.1. The average molecular weight is 317 g/mol. The number of carbonyl (C=O) groups excluding carboxylic acids is 1. The summed E-state index contributed by atoms with van der Waals surface area (Å²) < 4.78 is 0. The molecule has 0 fully saturated rings. The topological polar surface area (TPSA) is 41.1 Å². The lowest BCUT2D eigenvalue weighted by Gasteiger charge is -2.08. The number of hydrogen-bond acceptors (Lipinski definition) is 2. The first-order chi connectivity index (χ1) is 10.6. The molecule has 0 saturated heterocycles. The SMILES string of the molecule is Cc1cccc(NCCC(=O)NCCc2ccc(Cl)cc2)c1. The monoisotopic (exact) mass is 316 g/mol. The highest BCUT2D eigenvalue weighted by Crippen LogP contribution is 2.10. The van der Waals surface area contributed by atoms with Crippen molar-refractivity contribution in [3.05, 3.63) is 64.7 Å². The summed E-state index contributed by atoms with van der Waals surface area (Å²) in [5.41, 5.74) is 3.42. The maximum atomic E-state index is 11.8. The molecule has 22 heavy (non-hydrogen) atoms. The fourth-order valence-corrected chi connectivity index (χ4v) is 2.29. The van der Waals surface area contributed by atoms with E-state index in [0.717, 1.165) is 17.1 Å². The molecule has 1 amide bonds. The van der Waals surface area contributed by atoms with E-state index in [4.69, 9.17) is 11.6 Å². The van der Waals surface area contributed by atoms with Crippen molar-refractivity contribution in [1.82, 2.24) is 5.32 Å². The van der Waals surface area contributed by atoms with Crippen molar-refractivity contribution in [3.63, 3.8) is 0 Å². The second kappa shape index (κ2) is 8.44. The van der Waals surface area contributed by atoms with Crippen LogP contribution in [0.3, 0.4) is 0 Å². The van der Waals surface area contributed by atoms with Crippen LogP contribution in [0.1, 0.15) is 17.5 Å². The number of hydrogen-bond donors (Lipinski definition) is 2. The zero-order valence-electron chi connectivity index (χ0n) is 12.7. The molecule has 2 aromatic rings. The fraction of sp³-hybridized carbons (Fsp3) is 0.278. The molecule has 0 atom stereocenters. The first-order valence-corrected chi connectivity index (χ1v) is 7.83. The molecule has 0 saturated carbocycles. The number of rotatable bonds is 7. The Hall–Kier alpha value is -2.00. The summed E-state index contributed by atoms with van der Waals surface area (Å²) in [6.45, 7) is 3.33. The Morgan fingerprint density at radius 2 is 1.86 bits per heavy atom. The van der Waals surface area contributed by atoms with Crippen LogP contribution in [-0.2, 0) is 11.2 Å². The minimum atomic E-state index is 0.0640. The zero-order valence-corrected chi connectivity index (χ0v) is 13.5. The molecule has 2 N–H and O–H groups in total. The maximum Gasteiger partial charge on any atom is 0.221 e. The van der Waals surface area contributed by atoms with Crippen molar-refractivity contribution >= 4 is 23.2 Å². The molecule has 0 aromatic heterocycles. The summed E-state index contributed by atoms with van der Waals surface area (Å²) in [6, 6.07) is 15.8. The zero-order chi connectivity index (χ0) is 15.8. The molecule has 2 aromatic carbocycles. The third-order valence-electron chi connectivity index (χ3n) is 3.35. The number of carbonyl (C=O) groups is 1. The molecule has 0 spiro atoms. The molecular weight excluding hydrogens is 296 g/mol. The van der Waals surface area contributed by atoms with Gasteiger partial charge in [-0.15, -0.1) is 0 Å². The Morgan fingerprint density at radius 3 is 2.59 bits per heavy atom. The standard InChI is InChI=1S/C18H21ClN2O/c1-14-3-2-4-17(13-14)20-12-10-18(22)21-11-9-15-5-7-16(19)8-6-15/h2-8,13,20H,9-12H2,1H3,(H,21,22). The summed E-state index contributed by atoms with van der Waals surface area (Å²) in [4.78, 5) is 11.8. The lowest BCUT2D eigenvalue weighted by molar-refractivity contribution is -0.120. The first-order valence-electron chi connectivity index (χ1n) is 7.45. The van der Waals surface area contributed by atoms with E-state index in [1.54, 1.807) is 0 Å². The summed E-state index contributed by atoms with van der Waals surface area (Å²) in [5, 5.41) is 6.92. The van der Waals surface area contributed by atoms with Crippen molar-refractivity contribution in [1.29, 1.82) is 0 Å². The smallest absolute Gasteiger partial charge is 0.221 e. The van der Waals surface area contributed by atoms with Crippen LogP contribution in [0.25, 0.3) is 0 Å². The molecule has 0 unspecified atom stereocenters. The molecule has 2 rings (SSSR count). The van der Waals surface area contributed by atoms with Crippen LogP contribution < -0.4 is 10.6 Å². The number of halogens is 1. The van der Waals surface area contributed by atoms with E-state index in [9.17, 15) is 4.79 Å². The van der Waals surface area contributed by atoms with Gasteiger partial charge in [-0.3, -0.25) is 4.79 Å². The minimum absolute atomic E-state index is 0.0640. The van der Waals surface area contributed by atoms with Crippen LogP contribution in [0.15, 0.2) is 48.5 Å². The van der Waals surface area contributed by atoms with E-state index in [1.165, 1.54) is 11.1 Å². The number of benzene rings is 2. The van der Waals surface area contributed by atoms with Crippen LogP contribution in [-0.4, -0.2) is 19.0 Å². The van der Waals surface area contributed by atoms with Crippen LogP contribution in [0.4, 0.5) is 5.69 Å². The Labute approximate surface area is 136 Å². The minimum Gasteiger partial charge on any atom is -0.385 e. The Balaban J connectivity index is 1.62. The molecule has 0 aliphatic rings. The fourth-order valence-electron chi connectivity index (χ4n) is 2.16. The van der Waals surface area contributed by atoms with E-state index >= 15 is 0 Å². The summed E-state index contributed by atoms with van der Waals surface area (Å²) >= 11 is 5.84. The van der Waals surface area contributed by atoms with Gasteiger partial charge in [-0.2, -0.15) is 0 Å². The predicted molar refractivity (Wildman–Crippen MR) is 92.5 cm³/mol. The van der Waals surface area contributed by atoms with Gasteiger partial charge in [-0.25, -0.2) is 0 Å². The van der Waals surface area contributed by atoms with Crippen molar-refractivity contribution in [2.45, 2.75) is 19.8 Å². The van der Waals surface area contributed by atoms with Crippen molar-refractivity contribution in [2.24, 2.45) is 0 Å². The van der Waals surface area contributed by atoms with Crippen LogP contribution in [0.2, 0.25) is 5.02 Å². The predicted octanol–water partition coefficient (Wildman–Crippen LogP) is 3.81. The molecule has 4 heteroatoms. The first kappa shape index (κ1) is 16.4. The number of amides is 1. The van der Waals surface area contributed by atoms with Crippen LogP contribution in [0.5, 0.6) is 0 Å². The van der Waals surface area contributed by atoms with Gasteiger partial charge in [0.2, 0.25) is 5.91 Å².